The number of carbonyl (C=O) groups excluding carboxylic acids is 1. The smallest absolute Gasteiger partial charge is 0.349 e. The number of rotatable bonds is 7. The molecule has 0 saturated heterocycles. The normalized spacial score (nSPS) is 16.7. The molecule has 1 N–H and O–H groups in total. The lowest BCUT2D eigenvalue weighted by molar-refractivity contribution is -0.671. The van der Waals surface area contributed by atoms with Gasteiger partial charge in [0.25, 0.3) is 11.5 Å². The molecule has 0 spiro atoms. The van der Waals surface area contributed by atoms with Crippen LogP contribution in [0.25, 0.3) is 22.8 Å². The SMILES string of the molecule is Cn1c(-c2ccnn2-c2ccc(C#N)cc2)c(C(=O)NC2CCC(Cn3cc[n+](C)c3)CC2)c(=O)n1-c1cccc(C(F)(F)F)c1. The Hall–Kier alpha value is -5.38. The van der Waals surface area contributed by atoms with Crippen molar-refractivity contribution in [1.29, 1.82) is 5.26 Å². The number of amides is 1. The number of aryl methyl sites for hydroxylation is 1. The zero-order chi connectivity index (χ0) is 32.6. The standard InChI is InChI=1S/C33H31F3N8O2/c1-40-16-17-42(21-40)20-23-6-10-25(11-7-23)39-31(45)29-30(28-14-15-38-43(28)26-12-8-22(19-37)9-13-26)41(2)44(32(29)46)27-5-3-4-24(18-27)33(34,35)36/h3-5,8-9,12-18,21,23,25H,6-7,10-11,20H2,1-2H3/p+1. The van der Waals surface area contributed by atoms with E-state index < -0.39 is 23.2 Å². The Balaban J connectivity index is 1.37. The van der Waals surface area contributed by atoms with Crippen molar-refractivity contribution in [2.24, 2.45) is 20.0 Å². The first-order chi connectivity index (χ1) is 22.0. The average Bonchev–Trinajstić information content (AvgIpc) is 3.75. The number of nitrogens with one attached hydrogen (secondary N) is 1. The van der Waals surface area contributed by atoms with Gasteiger partial charge in [0.05, 0.1) is 54.1 Å². The fourth-order valence-electron chi connectivity index (χ4n) is 6.23. The van der Waals surface area contributed by atoms with Gasteiger partial charge in [0.2, 0.25) is 6.33 Å². The molecule has 236 valence electrons. The number of nitriles is 1. The maximum absolute atomic E-state index is 14.1. The zero-order valence-electron chi connectivity index (χ0n) is 25.3. The highest BCUT2D eigenvalue weighted by atomic mass is 19.4. The van der Waals surface area contributed by atoms with E-state index in [1.165, 1.54) is 34.7 Å². The number of nitrogens with zero attached hydrogens (tertiary/aromatic N) is 7. The highest BCUT2D eigenvalue weighted by Crippen LogP contribution is 2.32. The van der Waals surface area contributed by atoms with Gasteiger partial charge in [-0.2, -0.15) is 23.5 Å². The van der Waals surface area contributed by atoms with E-state index in [4.69, 9.17) is 0 Å². The predicted molar refractivity (Wildman–Crippen MR) is 162 cm³/mol. The van der Waals surface area contributed by atoms with E-state index >= 15 is 0 Å². The maximum atomic E-state index is 14.1. The Morgan fingerprint density at radius 1 is 1.09 bits per heavy atom. The first-order valence-electron chi connectivity index (χ1n) is 14.9. The maximum Gasteiger partial charge on any atom is 0.416 e. The molecule has 13 heteroatoms. The fourth-order valence-corrected chi connectivity index (χ4v) is 6.23. The van der Waals surface area contributed by atoms with Crippen LogP contribution in [-0.4, -0.2) is 35.7 Å². The van der Waals surface area contributed by atoms with Gasteiger partial charge < -0.3 is 5.32 Å². The van der Waals surface area contributed by atoms with Crippen molar-refractivity contribution < 1.29 is 22.5 Å². The van der Waals surface area contributed by atoms with Crippen LogP contribution in [0.15, 0.2) is 84.3 Å². The van der Waals surface area contributed by atoms with Crippen molar-refractivity contribution in [3.05, 3.63) is 107 Å². The van der Waals surface area contributed by atoms with Crippen LogP contribution < -0.4 is 15.4 Å². The highest BCUT2D eigenvalue weighted by Gasteiger charge is 2.33. The third-order valence-electron chi connectivity index (χ3n) is 8.51. The zero-order valence-corrected chi connectivity index (χ0v) is 25.3. The number of imidazole rings is 1. The quantitative estimate of drug-likeness (QED) is 0.267. The Bertz CT molecular complexity index is 1980. The molecule has 6 rings (SSSR count). The van der Waals surface area contributed by atoms with Gasteiger partial charge in [0, 0.05) is 13.1 Å². The largest absolute Gasteiger partial charge is 0.416 e. The molecule has 1 saturated carbocycles. The molecule has 1 aliphatic rings. The summed E-state index contributed by atoms with van der Waals surface area (Å²) in [6.07, 6.45) is 6.19. The summed E-state index contributed by atoms with van der Waals surface area (Å²) in [7, 11) is 3.50. The van der Waals surface area contributed by atoms with Crippen LogP contribution in [0.2, 0.25) is 0 Å². The molecule has 3 heterocycles. The number of carbonyl (C=O) groups is 1. The van der Waals surface area contributed by atoms with Gasteiger partial charge in [0.1, 0.15) is 23.7 Å². The van der Waals surface area contributed by atoms with E-state index in [0.29, 0.717) is 22.9 Å². The Labute approximate surface area is 262 Å². The molecule has 3 aromatic heterocycles. The Morgan fingerprint density at radius 2 is 1.83 bits per heavy atom. The molecule has 0 unspecified atom stereocenters. The number of alkyl halides is 3. The van der Waals surface area contributed by atoms with Crippen LogP contribution in [0.1, 0.15) is 47.2 Å². The van der Waals surface area contributed by atoms with Crippen LogP contribution >= 0.6 is 0 Å². The third kappa shape index (κ3) is 5.98. The first-order valence-corrected chi connectivity index (χ1v) is 14.9. The van der Waals surface area contributed by atoms with Crippen molar-refractivity contribution >= 4 is 5.91 Å². The summed E-state index contributed by atoms with van der Waals surface area (Å²) in [4.78, 5) is 28.1. The minimum absolute atomic E-state index is 0.0361. The summed E-state index contributed by atoms with van der Waals surface area (Å²) in [5.41, 5.74) is -0.324. The summed E-state index contributed by atoms with van der Waals surface area (Å²) in [6, 6.07) is 14.6. The van der Waals surface area contributed by atoms with Crippen molar-refractivity contribution in [3.8, 4) is 28.8 Å². The summed E-state index contributed by atoms with van der Waals surface area (Å²) >= 11 is 0. The van der Waals surface area contributed by atoms with Crippen molar-refractivity contribution in [1.82, 2.24) is 29.0 Å². The highest BCUT2D eigenvalue weighted by molar-refractivity contribution is 6.00. The van der Waals surface area contributed by atoms with Gasteiger partial charge in [-0.1, -0.05) is 6.07 Å². The summed E-state index contributed by atoms with van der Waals surface area (Å²) in [5.74, 6) is -0.150. The molecule has 0 atom stereocenters. The minimum atomic E-state index is -4.63. The average molecular weight is 630 g/mol. The molecular formula is C33H32F3N8O2+. The van der Waals surface area contributed by atoms with Crippen molar-refractivity contribution in [2.75, 3.05) is 0 Å². The van der Waals surface area contributed by atoms with Crippen LogP contribution in [-0.2, 0) is 26.8 Å². The topological polar surface area (TPSA) is 106 Å². The van der Waals surface area contributed by atoms with Crippen LogP contribution in [0, 0.1) is 17.2 Å². The number of halogens is 3. The fraction of sp³-hybridized carbons (Fsp3) is 0.303. The lowest BCUT2D eigenvalue weighted by Crippen LogP contribution is -2.40. The second-order valence-electron chi connectivity index (χ2n) is 11.7. The van der Waals surface area contributed by atoms with Crippen molar-refractivity contribution in [2.45, 2.75) is 44.4 Å². The Kier molecular flexibility index (Phi) is 8.12. The molecule has 1 aliphatic carbocycles. The lowest BCUT2D eigenvalue weighted by Gasteiger charge is -2.28. The predicted octanol–water partition coefficient (Wildman–Crippen LogP) is 4.53. The monoisotopic (exact) mass is 629 g/mol. The molecule has 0 aliphatic heterocycles. The lowest BCUT2D eigenvalue weighted by atomic mass is 9.86. The van der Waals surface area contributed by atoms with Crippen LogP contribution in [0.4, 0.5) is 13.2 Å². The molecule has 1 fully saturated rings. The number of aromatic nitrogens is 6. The molecular weight excluding hydrogens is 597 g/mol. The van der Waals surface area contributed by atoms with E-state index in [1.807, 2.05) is 30.3 Å². The third-order valence-corrected chi connectivity index (χ3v) is 8.51. The van der Waals surface area contributed by atoms with Crippen molar-refractivity contribution in [3.63, 3.8) is 0 Å². The number of hydrogen-bond acceptors (Lipinski definition) is 4. The first kappa shape index (κ1) is 30.6. The molecule has 0 radical (unpaired) electrons. The van der Waals surface area contributed by atoms with Crippen LogP contribution in [0.3, 0.4) is 0 Å². The number of benzene rings is 2. The summed E-state index contributed by atoms with van der Waals surface area (Å²) < 4.78 is 49.0. The van der Waals surface area contributed by atoms with E-state index in [0.717, 1.165) is 49.0 Å². The van der Waals surface area contributed by atoms with Gasteiger partial charge in [-0.3, -0.25) is 14.3 Å². The summed E-state index contributed by atoms with van der Waals surface area (Å²) in [5, 5.41) is 16.7. The van der Waals surface area contributed by atoms with Gasteiger partial charge in [0.15, 0.2) is 0 Å². The molecule has 0 bridgehead atoms. The van der Waals surface area contributed by atoms with E-state index in [2.05, 4.69) is 21.1 Å². The van der Waals surface area contributed by atoms with Gasteiger partial charge in [-0.05, 0) is 80.1 Å². The Morgan fingerprint density at radius 3 is 2.48 bits per heavy atom. The molecule has 46 heavy (non-hydrogen) atoms. The second-order valence-corrected chi connectivity index (χ2v) is 11.7. The minimum Gasteiger partial charge on any atom is -0.349 e. The summed E-state index contributed by atoms with van der Waals surface area (Å²) in [6.45, 7) is 0.880. The van der Waals surface area contributed by atoms with Gasteiger partial charge >= 0.3 is 6.18 Å². The van der Waals surface area contributed by atoms with Gasteiger partial charge in [-0.25, -0.2) is 18.5 Å². The van der Waals surface area contributed by atoms with Crippen LogP contribution in [0.5, 0.6) is 0 Å². The molecule has 1 amide bonds. The van der Waals surface area contributed by atoms with E-state index in [1.54, 1.807) is 30.3 Å². The molecule has 10 nitrogen and oxygen atoms in total. The number of hydrogen-bond donors (Lipinski definition) is 1. The molecule has 5 aromatic rings. The van der Waals surface area contributed by atoms with E-state index in [9.17, 15) is 28.0 Å². The van der Waals surface area contributed by atoms with E-state index in [-0.39, 0.29) is 23.0 Å². The molecule has 2 aromatic carbocycles. The van der Waals surface area contributed by atoms with Gasteiger partial charge in [-0.15, -0.1) is 0 Å². The second kappa shape index (κ2) is 12.2.